The van der Waals surface area contributed by atoms with Crippen molar-refractivity contribution in [1.29, 1.82) is 0 Å². The van der Waals surface area contributed by atoms with Crippen LogP contribution in [0.3, 0.4) is 0 Å². The van der Waals surface area contributed by atoms with Crippen LogP contribution in [-0.4, -0.2) is 47.5 Å². The molecule has 6 nitrogen and oxygen atoms in total. The normalized spacial score (nSPS) is 10.9. The zero-order valence-corrected chi connectivity index (χ0v) is 13.5. The molecule has 0 fully saturated rings. The number of benzene rings is 1. The van der Waals surface area contributed by atoms with Gasteiger partial charge >= 0.3 is 6.61 Å². The molecule has 24 heavy (non-hydrogen) atoms. The standard InChI is InChI=1S/C16H19F2N3O3/c1-20-10-12(9-19-20)11-21(7-8-23-2)15(22)13-5-3-4-6-14(13)24-16(17)18/h3-6,9-10,16H,7-8,11H2,1-2H3. The third-order valence-corrected chi connectivity index (χ3v) is 3.32. The molecule has 0 aliphatic carbocycles. The van der Waals surface area contributed by atoms with Crippen LogP contribution in [0.1, 0.15) is 15.9 Å². The molecule has 0 radical (unpaired) electrons. The van der Waals surface area contributed by atoms with Crippen molar-refractivity contribution in [2.45, 2.75) is 13.2 Å². The quantitative estimate of drug-likeness (QED) is 0.741. The van der Waals surface area contributed by atoms with E-state index >= 15 is 0 Å². The highest BCUT2D eigenvalue weighted by Gasteiger charge is 2.21. The number of carbonyl (C=O) groups is 1. The average Bonchev–Trinajstić information content (AvgIpc) is 2.96. The molecular weight excluding hydrogens is 320 g/mol. The molecule has 1 aromatic heterocycles. The smallest absolute Gasteiger partial charge is 0.387 e. The summed E-state index contributed by atoms with van der Waals surface area (Å²) in [4.78, 5) is 14.3. The minimum atomic E-state index is -3.00. The minimum absolute atomic E-state index is 0.0813. The number of aryl methyl sites for hydroxylation is 1. The summed E-state index contributed by atoms with van der Waals surface area (Å²) in [5.41, 5.74) is 0.909. The van der Waals surface area contributed by atoms with Gasteiger partial charge in [0.15, 0.2) is 0 Å². The van der Waals surface area contributed by atoms with Gasteiger partial charge < -0.3 is 14.4 Å². The van der Waals surface area contributed by atoms with Crippen LogP contribution in [0.2, 0.25) is 0 Å². The molecule has 0 unspecified atom stereocenters. The van der Waals surface area contributed by atoms with Gasteiger partial charge in [0.2, 0.25) is 0 Å². The van der Waals surface area contributed by atoms with E-state index in [-0.39, 0.29) is 11.3 Å². The Hall–Kier alpha value is -2.48. The first-order valence-electron chi connectivity index (χ1n) is 7.31. The maximum absolute atomic E-state index is 12.8. The summed E-state index contributed by atoms with van der Waals surface area (Å²) in [6.45, 7) is -2.07. The zero-order chi connectivity index (χ0) is 17.5. The third-order valence-electron chi connectivity index (χ3n) is 3.32. The molecule has 0 atom stereocenters. The van der Waals surface area contributed by atoms with Crippen LogP contribution in [0.4, 0.5) is 8.78 Å². The van der Waals surface area contributed by atoms with Gasteiger partial charge in [-0.15, -0.1) is 0 Å². The number of methoxy groups -OCH3 is 1. The number of rotatable bonds is 8. The van der Waals surface area contributed by atoms with Crippen molar-refractivity contribution in [3.05, 3.63) is 47.8 Å². The SMILES string of the molecule is COCCN(Cc1cnn(C)c1)C(=O)c1ccccc1OC(F)F. The second-order valence-corrected chi connectivity index (χ2v) is 5.12. The van der Waals surface area contributed by atoms with Gasteiger partial charge in [0.05, 0.1) is 18.4 Å². The number of para-hydroxylation sites is 1. The van der Waals surface area contributed by atoms with Crippen molar-refractivity contribution < 1.29 is 23.0 Å². The number of aromatic nitrogens is 2. The van der Waals surface area contributed by atoms with Gasteiger partial charge in [-0.2, -0.15) is 13.9 Å². The first-order valence-corrected chi connectivity index (χ1v) is 7.31. The molecule has 0 aliphatic heterocycles. The van der Waals surface area contributed by atoms with Crippen molar-refractivity contribution in [3.8, 4) is 5.75 Å². The van der Waals surface area contributed by atoms with E-state index in [9.17, 15) is 13.6 Å². The summed E-state index contributed by atoms with van der Waals surface area (Å²) in [6.07, 6.45) is 3.43. The molecule has 1 amide bonds. The Morgan fingerprint density at radius 1 is 1.38 bits per heavy atom. The fraction of sp³-hybridized carbons (Fsp3) is 0.375. The maximum Gasteiger partial charge on any atom is 0.387 e. The Bertz CT molecular complexity index is 676. The van der Waals surface area contributed by atoms with E-state index < -0.39 is 12.5 Å². The summed E-state index contributed by atoms with van der Waals surface area (Å²) in [6, 6.07) is 5.94. The Kier molecular flexibility index (Phi) is 6.25. The first kappa shape index (κ1) is 17.9. The van der Waals surface area contributed by atoms with Crippen molar-refractivity contribution in [2.75, 3.05) is 20.3 Å². The topological polar surface area (TPSA) is 56.6 Å². The predicted octanol–water partition coefficient (Wildman–Crippen LogP) is 2.31. The second-order valence-electron chi connectivity index (χ2n) is 5.12. The van der Waals surface area contributed by atoms with Gasteiger partial charge in [-0.1, -0.05) is 12.1 Å². The van der Waals surface area contributed by atoms with E-state index in [2.05, 4.69) is 9.84 Å². The van der Waals surface area contributed by atoms with E-state index in [1.165, 1.54) is 30.2 Å². The molecular formula is C16H19F2N3O3. The van der Waals surface area contributed by atoms with Crippen LogP contribution < -0.4 is 4.74 Å². The highest BCUT2D eigenvalue weighted by Crippen LogP contribution is 2.22. The number of amides is 1. The third kappa shape index (κ3) is 4.76. The van der Waals surface area contributed by atoms with E-state index in [0.29, 0.717) is 19.7 Å². The van der Waals surface area contributed by atoms with Gasteiger partial charge in [-0.3, -0.25) is 9.48 Å². The first-order chi connectivity index (χ1) is 11.5. The highest BCUT2D eigenvalue weighted by atomic mass is 19.3. The van der Waals surface area contributed by atoms with E-state index in [1.54, 1.807) is 30.2 Å². The van der Waals surface area contributed by atoms with Gasteiger partial charge in [-0.05, 0) is 12.1 Å². The molecule has 8 heteroatoms. The average molecular weight is 339 g/mol. The number of ether oxygens (including phenoxy) is 2. The van der Waals surface area contributed by atoms with Crippen LogP contribution in [0.25, 0.3) is 0 Å². The van der Waals surface area contributed by atoms with Gasteiger partial charge in [-0.25, -0.2) is 0 Å². The molecule has 2 aromatic rings. The van der Waals surface area contributed by atoms with Gasteiger partial charge in [0.1, 0.15) is 5.75 Å². The summed E-state index contributed by atoms with van der Waals surface area (Å²) < 4.78 is 36.2. The van der Waals surface area contributed by atoms with Crippen molar-refractivity contribution in [1.82, 2.24) is 14.7 Å². The van der Waals surface area contributed by atoms with Crippen molar-refractivity contribution in [2.24, 2.45) is 7.05 Å². The molecule has 1 aromatic carbocycles. The van der Waals surface area contributed by atoms with Crippen molar-refractivity contribution in [3.63, 3.8) is 0 Å². The second kappa shape index (κ2) is 8.39. The molecule has 0 spiro atoms. The molecule has 0 aliphatic rings. The number of nitrogens with zero attached hydrogens (tertiary/aromatic N) is 3. The predicted molar refractivity (Wildman–Crippen MR) is 82.9 cm³/mol. The highest BCUT2D eigenvalue weighted by molar-refractivity contribution is 5.96. The van der Waals surface area contributed by atoms with Crippen LogP contribution in [0.5, 0.6) is 5.75 Å². The lowest BCUT2D eigenvalue weighted by Gasteiger charge is -2.23. The fourth-order valence-corrected chi connectivity index (χ4v) is 2.24. The maximum atomic E-state index is 12.8. The van der Waals surface area contributed by atoms with Crippen LogP contribution in [-0.2, 0) is 18.3 Å². The lowest BCUT2D eigenvalue weighted by Crippen LogP contribution is -2.33. The summed E-state index contributed by atoms with van der Waals surface area (Å²) >= 11 is 0. The molecule has 0 bridgehead atoms. The summed E-state index contributed by atoms with van der Waals surface area (Å²) in [5, 5.41) is 4.06. The molecule has 1 heterocycles. The van der Waals surface area contributed by atoms with Crippen LogP contribution in [0.15, 0.2) is 36.7 Å². The molecule has 2 rings (SSSR count). The number of hydrogen-bond acceptors (Lipinski definition) is 4. The minimum Gasteiger partial charge on any atom is -0.434 e. The molecule has 0 saturated carbocycles. The van der Waals surface area contributed by atoms with E-state index in [4.69, 9.17) is 4.74 Å². The van der Waals surface area contributed by atoms with Gasteiger partial charge in [0.25, 0.3) is 5.91 Å². The zero-order valence-electron chi connectivity index (χ0n) is 13.5. The largest absolute Gasteiger partial charge is 0.434 e. The monoisotopic (exact) mass is 339 g/mol. The Balaban J connectivity index is 2.23. The summed E-state index contributed by atoms with van der Waals surface area (Å²) in [5.74, 6) is -0.557. The number of alkyl halides is 2. The Morgan fingerprint density at radius 3 is 2.75 bits per heavy atom. The van der Waals surface area contributed by atoms with E-state index in [1.807, 2.05) is 0 Å². The lowest BCUT2D eigenvalue weighted by atomic mass is 10.1. The Morgan fingerprint density at radius 2 is 2.12 bits per heavy atom. The molecule has 0 N–H and O–H groups in total. The van der Waals surface area contributed by atoms with E-state index in [0.717, 1.165) is 5.56 Å². The van der Waals surface area contributed by atoms with Crippen molar-refractivity contribution >= 4 is 5.91 Å². The van der Waals surface area contributed by atoms with Crippen LogP contribution in [0, 0.1) is 0 Å². The number of halogens is 2. The summed E-state index contributed by atoms with van der Waals surface area (Å²) in [7, 11) is 3.30. The molecule has 130 valence electrons. The Labute approximate surface area is 138 Å². The van der Waals surface area contributed by atoms with Crippen LogP contribution >= 0.6 is 0 Å². The lowest BCUT2D eigenvalue weighted by molar-refractivity contribution is -0.0503. The molecule has 0 saturated heterocycles. The van der Waals surface area contributed by atoms with Gasteiger partial charge in [0, 0.05) is 39.0 Å². The number of carbonyl (C=O) groups excluding carboxylic acids is 1. The fourth-order valence-electron chi connectivity index (χ4n) is 2.24. The number of hydrogen-bond donors (Lipinski definition) is 0.